The number of carbonyl (C=O) groups excluding carboxylic acids is 1. The molecule has 0 unspecified atom stereocenters. The summed E-state index contributed by atoms with van der Waals surface area (Å²) in [5.41, 5.74) is 4.02. The van der Waals surface area contributed by atoms with Gasteiger partial charge in [-0.25, -0.2) is 8.42 Å². The number of sulfonamides is 1. The molecule has 5 nitrogen and oxygen atoms in total. The first-order valence-electron chi connectivity index (χ1n) is 10.9. The maximum absolute atomic E-state index is 13.3. The Hall–Kier alpha value is -2.96. The summed E-state index contributed by atoms with van der Waals surface area (Å²) >= 11 is 0. The van der Waals surface area contributed by atoms with Crippen molar-refractivity contribution < 1.29 is 13.2 Å². The van der Waals surface area contributed by atoms with Crippen LogP contribution < -0.4 is 5.32 Å². The molecule has 0 radical (unpaired) electrons. The quantitative estimate of drug-likeness (QED) is 0.599. The van der Waals surface area contributed by atoms with Gasteiger partial charge in [-0.2, -0.15) is 4.31 Å². The first-order valence-corrected chi connectivity index (χ1v) is 12.3. The van der Waals surface area contributed by atoms with Crippen LogP contribution >= 0.6 is 0 Å². The lowest BCUT2D eigenvalue weighted by atomic mass is 9.94. The second-order valence-corrected chi connectivity index (χ2v) is 10.2. The minimum absolute atomic E-state index is 0.208. The molecule has 1 atom stereocenters. The first-order chi connectivity index (χ1) is 15.4. The third-order valence-corrected chi connectivity index (χ3v) is 8.08. The van der Waals surface area contributed by atoms with E-state index in [0.29, 0.717) is 24.2 Å². The zero-order valence-corrected chi connectivity index (χ0v) is 19.2. The third-order valence-electron chi connectivity index (χ3n) is 6.04. The summed E-state index contributed by atoms with van der Waals surface area (Å²) in [6.07, 6.45) is 1.74. The van der Waals surface area contributed by atoms with Crippen LogP contribution in [0.1, 0.15) is 51.5 Å². The minimum atomic E-state index is -3.61. The Labute approximate surface area is 190 Å². The van der Waals surface area contributed by atoms with E-state index in [2.05, 4.69) is 5.32 Å². The van der Waals surface area contributed by atoms with Gasteiger partial charge in [-0.15, -0.1) is 0 Å². The van der Waals surface area contributed by atoms with Crippen molar-refractivity contribution in [1.82, 2.24) is 9.62 Å². The molecule has 1 amide bonds. The Morgan fingerprint density at radius 2 is 1.53 bits per heavy atom. The molecule has 1 heterocycles. The van der Waals surface area contributed by atoms with Crippen LogP contribution in [0.25, 0.3) is 0 Å². The van der Waals surface area contributed by atoms with Gasteiger partial charge in [-0.1, -0.05) is 60.7 Å². The molecule has 0 saturated carbocycles. The van der Waals surface area contributed by atoms with Crippen molar-refractivity contribution in [3.8, 4) is 0 Å². The molecule has 3 aromatic rings. The minimum Gasteiger partial charge on any atom is -0.341 e. The summed E-state index contributed by atoms with van der Waals surface area (Å²) in [4.78, 5) is 13.5. The molecule has 0 aromatic heterocycles. The Morgan fingerprint density at radius 1 is 0.875 bits per heavy atom. The van der Waals surface area contributed by atoms with E-state index in [-0.39, 0.29) is 16.8 Å². The van der Waals surface area contributed by atoms with Crippen LogP contribution in [0.3, 0.4) is 0 Å². The Bertz CT molecular complexity index is 1220. The van der Waals surface area contributed by atoms with E-state index >= 15 is 0 Å². The van der Waals surface area contributed by atoms with Gasteiger partial charge >= 0.3 is 0 Å². The Balaban J connectivity index is 1.68. The van der Waals surface area contributed by atoms with Gasteiger partial charge in [-0.3, -0.25) is 4.79 Å². The van der Waals surface area contributed by atoms with E-state index in [1.807, 2.05) is 61.5 Å². The molecule has 166 valence electrons. The van der Waals surface area contributed by atoms with E-state index in [1.165, 1.54) is 10.4 Å². The number of rotatable bonds is 6. The van der Waals surface area contributed by atoms with Gasteiger partial charge in [-0.05, 0) is 61.1 Å². The molecule has 3 aromatic carbocycles. The molecule has 1 N–H and O–H groups in total. The zero-order valence-electron chi connectivity index (χ0n) is 18.4. The highest BCUT2D eigenvalue weighted by atomic mass is 32.2. The standard InChI is InChI=1S/C26H28N2O3S/c1-19-10-6-7-13-23(19)25(21-11-4-3-5-12-21)27-26(29)22-15-14-20(2)24(18-22)32(30,31)28-16-8-9-17-28/h3-7,10-15,18,25H,8-9,16-17H2,1-2H3,(H,27,29)/t25-/m0/s1. The van der Waals surface area contributed by atoms with Crippen molar-refractivity contribution in [1.29, 1.82) is 0 Å². The fourth-order valence-corrected chi connectivity index (χ4v) is 5.97. The lowest BCUT2D eigenvalue weighted by Crippen LogP contribution is -2.31. The monoisotopic (exact) mass is 448 g/mol. The molecule has 6 heteroatoms. The summed E-state index contributed by atoms with van der Waals surface area (Å²) in [5, 5.41) is 3.13. The summed E-state index contributed by atoms with van der Waals surface area (Å²) in [6.45, 7) is 4.85. The zero-order chi connectivity index (χ0) is 22.7. The van der Waals surface area contributed by atoms with Crippen LogP contribution in [0, 0.1) is 13.8 Å². The lowest BCUT2D eigenvalue weighted by molar-refractivity contribution is 0.0942. The normalized spacial score (nSPS) is 15.4. The van der Waals surface area contributed by atoms with Gasteiger partial charge in [0.25, 0.3) is 5.91 Å². The number of nitrogens with one attached hydrogen (secondary N) is 1. The lowest BCUT2D eigenvalue weighted by Gasteiger charge is -2.22. The van der Waals surface area contributed by atoms with Gasteiger partial charge in [0.15, 0.2) is 0 Å². The maximum atomic E-state index is 13.3. The molecular formula is C26H28N2O3S. The van der Waals surface area contributed by atoms with Gasteiger partial charge in [0.05, 0.1) is 10.9 Å². The molecule has 0 spiro atoms. The highest BCUT2D eigenvalue weighted by Gasteiger charge is 2.29. The Morgan fingerprint density at radius 3 is 2.22 bits per heavy atom. The van der Waals surface area contributed by atoms with Gasteiger partial charge in [0.1, 0.15) is 0 Å². The number of benzene rings is 3. The van der Waals surface area contributed by atoms with Crippen molar-refractivity contribution in [2.75, 3.05) is 13.1 Å². The number of carbonyl (C=O) groups is 1. The number of hydrogen-bond donors (Lipinski definition) is 1. The molecule has 32 heavy (non-hydrogen) atoms. The SMILES string of the molecule is Cc1ccccc1[C@@H](NC(=O)c1ccc(C)c(S(=O)(=O)N2CCCC2)c1)c1ccccc1. The van der Waals surface area contributed by atoms with Crippen LogP contribution in [0.2, 0.25) is 0 Å². The molecule has 0 aliphatic carbocycles. The molecule has 1 aliphatic heterocycles. The van der Waals surface area contributed by atoms with Crippen LogP contribution in [-0.2, 0) is 10.0 Å². The molecule has 1 fully saturated rings. The van der Waals surface area contributed by atoms with E-state index < -0.39 is 10.0 Å². The van der Waals surface area contributed by atoms with E-state index in [9.17, 15) is 13.2 Å². The smallest absolute Gasteiger partial charge is 0.252 e. The predicted octanol–water partition coefficient (Wildman–Crippen LogP) is 4.61. The summed E-state index contributed by atoms with van der Waals surface area (Å²) < 4.78 is 27.8. The van der Waals surface area contributed by atoms with Crippen LogP contribution in [-0.4, -0.2) is 31.7 Å². The van der Waals surface area contributed by atoms with E-state index in [1.54, 1.807) is 19.1 Å². The van der Waals surface area contributed by atoms with Gasteiger partial charge in [0.2, 0.25) is 10.0 Å². The number of hydrogen-bond acceptors (Lipinski definition) is 3. The summed E-state index contributed by atoms with van der Waals surface area (Å²) in [7, 11) is -3.61. The highest BCUT2D eigenvalue weighted by molar-refractivity contribution is 7.89. The van der Waals surface area contributed by atoms with E-state index in [0.717, 1.165) is 29.5 Å². The van der Waals surface area contributed by atoms with Crippen molar-refractivity contribution >= 4 is 15.9 Å². The highest BCUT2D eigenvalue weighted by Crippen LogP contribution is 2.27. The van der Waals surface area contributed by atoms with Crippen LogP contribution in [0.15, 0.2) is 77.7 Å². The van der Waals surface area contributed by atoms with Crippen molar-refractivity contribution in [3.63, 3.8) is 0 Å². The molecule has 1 saturated heterocycles. The number of nitrogens with zero attached hydrogens (tertiary/aromatic N) is 1. The maximum Gasteiger partial charge on any atom is 0.252 e. The number of aryl methyl sites for hydroxylation is 2. The summed E-state index contributed by atoms with van der Waals surface area (Å²) in [6, 6.07) is 22.3. The van der Waals surface area contributed by atoms with Crippen LogP contribution in [0.4, 0.5) is 0 Å². The average molecular weight is 449 g/mol. The predicted molar refractivity (Wildman–Crippen MR) is 126 cm³/mol. The Kier molecular flexibility index (Phi) is 6.44. The fourth-order valence-electron chi connectivity index (χ4n) is 4.20. The average Bonchev–Trinajstić information content (AvgIpc) is 3.35. The fraction of sp³-hybridized carbons (Fsp3) is 0.269. The van der Waals surface area contributed by atoms with Crippen LogP contribution in [0.5, 0.6) is 0 Å². The number of amides is 1. The molecule has 1 aliphatic rings. The van der Waals surface area contributed by atoms with E-state index in [4.69, 9.17) is 0 Å². The van der Waals surface area contributed by atoms with Gasteiger partial charge in [0, 0.05) is 18.7 Å². The second-order valence-electron chi connectivity index (χ2n) is 8.27. The van der Waals surface area contributed by atoms with Gasteiger partial charge < -0.3 is 5.32 Å². The first kappa shape index (κ1) is 22.2. The van der Waals surface area contributed by atoms with Crippen molar-refractivity contribution in [2.24, 2.45) is 0 Å². The van der Waals surface area contributed by atoms with Crippen molar-refractivity contribution in [2.45, 2.75) is 37.6 Å². The van der Waals surface area contributed by atoms with Crippen molar-refractivity contribution in [3.05, 3.63) is 101 Å². The molecule has 0 bridgehead atoms. The largest absolute Gasteiger partial charge is 0.341 e. The third kappa shape index (κ3) is 4.47. The second kappa shape index (κ2) is 9.27. The summed E-state index contributed by atoms with van der Waals surface area (Å²) in [5.74, 6) is -0.306. The molecular weight excluding hydrogens is 420 g/mol. The molecule has 4 rings (SSSR count). The topological polar surface area (TPSA) is 66.5 Å².